The molecule has 0 bridgehead atoms. The van der Waals surface area contributed by atoms with E-state index < -0.39 is 0 Å². The van der Waals surface area contributed by atoms with Crippen molar-refractivity contribution in [3.8, 4) is 0 Å². The van der Waals surface area contributed by atoms with Crippen LogP contribution in [0.1, 0.15) is 11.3 Å². The normalized spacial score (nSPS) is 10.8. The van der Waals surface area contributed by atoms with Crippen LogP contribution in [-0.2, 0) is 0 Å². The lowest BCUT2D eigenvalue weighted by atomic mass is 10.2. The fourth-order valence-corrected chi connectivity index (χ4v) is 1.37. The lowest BCUT2D eigenvalue weighted by molar-refractivity contribution is 1.31. The summed E-state index contributed by atoms with van der Waals surface area (Å²) < 4.78 is 0. The first-order valence-electron chi connectivity index (χ1n) is 5.01. The topological polar surface area (TPSA) is 64.9 Å². The molecule has 0 unspecified atom stereocenters. The van der Waals surface area contributed by atoms with Gasteiger partial charge in [0.1, 0.15) is 5.82 Å². The number of hydrogen-bond donors (Lipinski definition) is 2. The Bertz CT molecular complexity index is 504. The summed E-state index contributed by atoms with van der Waals surface area (Å²) >= 11 is 0. The monoisotopic (exact) mass is 211 g/mol. The van der Waals surface area contributed by atoms with E-state index in [-0.39, 0.29) is 0 Å². The molecular formula is C13H13N3. The SMILES string of the molecule is Nc1ccc(N)c(/C=C/c2ccccc2)n1. The summed E-state index contributed by atoms with van der Waals surface area (Å²) in [6, 6.07) is 13.4. The van der Waals surface area contributed by atoms with E-state index in [1.807, 2.05) is 42.5 Å². The largest absolute Gasteiger partial charge is 0.397 e. The number of anilines is 2. The quantitative estimate of drug-likeness (QED) is 0.801. The molecule has 80 valence electrons. The first-order valence-corrected chi connectivity index (χ1v) is 5.01. The molecule has 0 aliphatic carbocycles. The molecule has 1 aromatic carbocycles. The van der Waals surface area contributed by atoms with Gasteiger partial charge in [-0.2, -0.15) is 0 Å². The van der Waals surface area contributed by atoms with E-state index in [1.165, 1.54) is 0 Å². The van der Waals surface area contributed by atoms with Crippen molar-refractivity contribution >= 4 is 23.7 Å². The second kappa shape index (κ2) is 4.49. The van der Waals surface area contributed by atoms with Crippen LogP contribution in [0.5, 0.6) is 0 Å². The third-order valence-electron chi connectivity index (χ3n) is 2.21. The van der Waals surface area contributed by atoms with E-state index in [9.17, 15) is 0 Å². The Kier molecular flexibility index (Phi) is 2.87. The highest BCUT2D eigenvalue weighted by Gasteiger charge is 1.96. The summed E-state index contributed by atoms with van der Waals surface area (Å²) in [6.07, 6.45) is 3.82. The minimum absolute atomic E-state index is 0.474. The molecule has 0 aliphatic rings. The van der Waals surface area contributed by atoms with Crippen molar-refractivity contribution in [1.82, 2.24) is 4.98 Å². The van der Waals surface area contributed by atoms with Gasteiger partial charge in [0.2, 0.25) is 0 Å². The molecule has 0 atom stereocenters. The summed E-state index contributed by atoms with van der Waals surface area (Å²) in [5.41, 5.74) is 13.8. The van der Waals surface area contributed by atoms with Gasteiger partial charge >= 0.3 is 0 Å². The van der Waals surface area contributed by atoms with E-state index in [4.69, 9.17) is 11.5 Å². The van der Waals surface area contributed by atoms with Crippen LogP contribution in [-0.4, -0.2) is 4.98 Å². The van der Waals surface area contributed by atoms with Gasteiger partial charge < -0.3 is 11.5 Å². The van der Waals surface area contributed by atoms with Crippen molar-refractivity contribution in [1.29, 1.82) is 0 Å². The average Bonchev–Trinajstić information content (AvgIpc) is 2.32. The minimum atomic E-state index is 0.474. The zero-order valence-electron chi connectivity index (χ0n) is 8.80. The Morgan fingerprint density at radius 3 is 2.38 bits per heavy atom. The van der Waals surface area contributed by atoms with E-state index in [0.717, 1.165) is 5.56 Å². The van der Waals surface area contributed by atoms with Crippen molar-refractivity contribution in [2.24, 2.45) is 0 Å². The molecule has 0 fully saturated rings. The molecule has 0 spiro atoms. The standard InChI is InChI=1S/C13H13N3/c14-11-7-9-13(15)16-12(11)8-6-10-4-2-1-3-5-10/h1-9H,14H2,(H2,15,16)/b8-6+. The third kappa shape index (κ3) is 2.39. The van der Waals surface area contributed by atoms with Gasteiger partial charge in [-0.1, -0.05) is 36.4 Å². The number of nitrogens with two attached hydrogens (primary N) is 2. The van der Waals surface area contributed by atoms with Gasteiger partial charge in [0.05, 0.1) is 11.4 Å². The highest BCUT2D eigenvalue weighted by atomic mass is 14.9. The second-order valence-electron chi connectivity index (χ2n) is 3.45. The Labute approximate surface area is 94.4 Å². The maximum Gasteiger partial charge on any atom is 0.124 e. The predicted molar refractivity (Wildman–Crippen MR) is 68.4 cm³/mol. The van der Waals surface area contributed by atoms with Gasteiger partial charge in [0.15, 0.2) is 0 Å². The van der Waals surface area contributed by atoms with Crippen LogP contribution < -0.4 is 11.5 Å². The van der Waals surface area contributed by atoms with E-state index >= 15 is 0 Å². The number of pyridine rings is 1. The van der Waals surface area contributed by atoms with Crippen LogP contribution in [0, 0.1) is 0 Å². The molecule has 16 heavy (non-hydrogen) atoms. The van der Waals surface area contributed by atoms with Crippen LogP contribution in [0.4, 0.5) is 11.5 Å². The fraction of sp³-hybridized carbons (Fsp3) is 0. The minimum Gasteiger partial charge on any atom is -0.397 e. The van der Waals surface area contributed by atoms with Gasteiger partial charge in [-0.05, 0) is 23.8 Å². The van der Waals surface area contributed by atoms with Crippen LogP contribution >= 0.6 is 0 Å². The Morgan fingerprint density at radius 1 is 0.875 bits per heavy atom. The molecule has 1 aromatic heterocycles. The van der Waals surface area contributed by atoms with E-state index in [2.05, 4.69) is 4.98 Å². The molecule has 0 amide bonds. The zero-order valence-corrected chi connectivity index (χ0v) is 8.80. The number of hydrogen-bond acceptors (Lipinski definition) is 3. The van der Waals surface area contributed by atoms with Crippen LogP contribution in [0.15, 0.2) is 42.5 Å². The summed E-state index contributed by atoms with van der Waals surface area (Å²) in [7, 11) is 0. The maximum absolute atomic E-state index is 5.78. The van der Waals surface area contributed by atoms with Crippen molar-refractivity contribution in [3.05, 3.63) is 53.7 Å². The number of nitrogen functional groups attached to an aromatic ring is 2. The Morgan fingerprint density at radius 2 is 1.62 bits per heavy atom. The smallest absolute Gasteiger partial charge is 0.124 e. The molecular weight excluding hydrogens is 198 g/mol. The van der Waals surface area contributed by atoms with Crippen molar-refractivity contribution in [3.63, 3.8) is 0 Å². The third-order valence-corrected chi connectivity index (χ3v) is 2.21. The van der Waals surface area contributed by atoms with Crippen LogP contribution in [0.25, 0.3) is 12.2 Å². The summed E-state index contributed by atoms with van der Waals surface area (Å²) in [5, 5.41) is 0. The molecule has 4 N–H and O–H groups in total. The van der Waals surface area contributed by atoms with Crippen LogP contribution in [0.2, 0.25) is 0 Å². The Hall–Kier alpha value is -2.29. The van der Waals surface area contributed by atoms with Gasteiger partial charge in [0.25, 0.3) is 0 Å². The van der Waals surface area contributed by atoms with Crippen LogP contribution in [0.3, 0.4) is 0 Å². The number of nitrogens with zero attached hydrogens (tertiary/aromatic N) is 1. The molecule has 0 saturated heterocycles. The van der Waals surface area contributed by atoms with Gasteiger partial charge in [0, 0.05) is 0 Å². The lowest BCUT2D eigenvalue weighted by Crippen LogP contribution is -1.96. The summed E-state index contributed by atoms with van der Waals surface area (Å²) in [4.78, 5) is 4.15. The first kappa shape index (κ1) is 10.2. The molecule has 0 radical (unpaired) electrons. The molecule has 2 aromatic rings. The molecule has 0 saturated carbocycles. The van der Waals surface area contributed by atoms with E-state index in [1.54, 1.807) is 12.1 Å². The number of benzene rings is 1. The van der Waals surface area contributed by atoms with Crippen molar-refractivity contribution < 1.29 is 0 Å². The zero-order chi connectivity index (χ0) is 11.4. The van der Waals surface area contributed by atoms with E-state index in [0.29, 0.717) is 17.2 Å². The maximum atomic E-state index is 5.78. The lowest BCUT2D eigenvalue weighted by Gasteiger charge is -2.00. The van der Waals surface area contributed by atoms with Gasteiger partial charge in [-0.15, -0.1) is 0 Å². The summed E-state index contributed by atoms with van der Waals surface area (Å²) in [6.45, 7) is 0. The van der Waals surface area contributed by atoms with Gasteiger partial charge in [-0.3, -0.25) is 0 Å². The first-order chi connectivity index (χ1) is 7.75. The number of aromatic nitrogens is 1. The summed E-state index contributed by atoms with van der Waals surface area (Å²) in [5.74, 6) is 0.474. The Balaban J connectivity index is 2.27. The molecule has 1 heterocycles. The highest BCUT2D eigenvalue weighted by Crippen LogP contribution is 2.14. The molecule has 2 rings (SSSR count). The highest BCUT2D eigenvalue weighted by molar-refractivity contribution is 5.74. The van der Waals surface area contributed by atoms with Crippen molar-refractivity contribution in [2.75, 3.05) is 11.5 Å². The molecule has 3 nitrogen and oxygen atoms in total. The van der Waals surface area contributed by atoms with Crippen molar-refractivity contribution in [2.45, 2.75) is 0 Å². The molecule has 3 heteroatoms. The molecule has 0 aliphatic heterocycles. The fourth-order valence-electron chi connectivity index (χ4n) is 1.37. The van der Waals surface area contributed by atoms with Gasteiger partial charge in [-0.25, -0.2) is 4.98 Å². The predicted octanol–water partition coefficient (Wildman–Crippen LogP) is 2.42. The second-order valence-corrected chi connectivity index (χ2v) is 3.45. The number of rotatable bonds is 2. The average molecular weight is 211 g/mol.